The largest absolute Gasteiger partial charge is 0.454 e. The first-order chi connectivity index (χ1) is 9.83. The van der Waals surface area contributed by atoms with E-state index in [-0.39, 0.29) is 12.7 Å². The molecule has 5 heteroatoms. The zero-order chi connectivity index (χ0) is 13.8. The van der Waals surface area contributed by atoms with E-state index < -0.39 is 0 Å². The van der Waals surface area contributed by atoms with Crippen LogP contribution in [0.25, 0.3) is 6.08 Å². The van der Waals surface area contributed by atoms with Crippen molar-refractivity contribution in [3.05, 3.63) is 29.8 Å². The zero-order valence-electron chi connectivity index (χ0n) is 11.2. The number of ether oxygens (including phenoxy) is 2. The summed E-state index contributed by atoms with van der Waals surface area (Å²) in [6, 6.07) is 5.69. The molecule has 0 aromatic heterocycles. The van der Waals surface area contributed by atoms with Gasteiger partial charge in [-0.05, 0) is 35.9 Å². The predicted molar refractivity (Wildman–Crippen MR) is 80.1 cm³/mol. The summed E-state index contributed by atoms with van der Waals surface area (Å²) in [6.45, 7) is 1.97. The molecule has 0 saturated carbocycles. The molecule has 0 bridgehead atoms. The number of nitrogens with zero attached hydrogens (tertiary/aromatic N) is 1. The standard InChI is InChI=1S/C15H17NO3S/c17-15(16-6-1-8-20-9-7-16)5-3-12-2-4-13-14(10-12)19-11-18-13/h2-5,10H,1,6-9,11H2. The Morgan fingerprint density at radius 3 is 3.05 bits per heavy atom. The maximum Gasteiger partial charge on any atom is 0.246 e. The lowest BCUT2D eigenvalue weighted by molar-refractivity contribution is -0.125. The predicted octanol–water partition coefficient (Wildman–Crippen LogP) is 2.39. The van der Waals surface area contributed by atoms with Crippen molar-refractivity contribution in [2.75, 3.05) is 31.4 Å². The van der Waals surface area contributed by atoms with Gasteiger partial charge in [-0.2, -0.15) is 11.8 Å². The van der Waals surface area contributed by atoms with Crippen LogP contribution in [0.5, 0.6) is 11.5 Å². The quantitative estimate of drug-likeness (QED) is 0.784. The maximum absolute atomic E-state index is 12.1. The Hall–Kier alpha value is -1.62. The second kappa shape index (κ2) is 6.22. The highest BCUT2D eigenvalue weighted by Gasteiger charge is 2.14. The molecular weight excluding hydrogens is 274 g/mol. The van der Waals surface area contributed by atoms with Crippen molar-refractivity contribution in [2.45, 2.75) is 6.42 Å². The Kier molecular flexibility index (Phi) is 4.16. The smallest absolute Gasteiger partial charge is 0.246 e. The lowest BCUT2D eigenvalue weighted by atomic mass is 10.2. The SMILES string of the molecule is O=C(C=Cc1ccc2c(c1)OCO2)N1CCCSCC1. The highest BCUT2D eigenvalue weighted by Crippen LogP contribution is 2.32. The molecular formula is C15H17NO3S. The van der Waals surface area contributed by atoms with Crippen LogP contribution < -0.4 is 9.47 Å². The van der Waals surface area contributed by atoms with Gasteiger partial charge in [0.05, 0.1) is 0 Å². The molecule has 2 heterocycles. The van der Waals surface area contributed by atoms with Crippen molar-refractivity contribution in [3.63, 3.8) is 0 Å². The van der Waals surface area contributed by atoms with Crippen molar-refractivity contribution in [1.82, 2.24) is 4.90 Å². The topological polar surface area (TPSA) is 38.8 Å². The van der Waals surface area contributed by atoms with E-state index in [1.54, 1.807) is 6.08 Å². The number of amides is 1. The monoisotopic (exact) mass is 291 g/mol. The van der Waals surface area contributed by atoms with Gasteiger partial charge in [-0.25, -0.2) is 0 Å². The van der Waals surface area contributed by atoms with Gasteiger partial charge >= 0.3 is 0 Å². The van der Waals surface area contributed by atoms with E-state index in [0.717, 1.165) is 48.1 Å². The van der Waals surface area contributed by atoms with Crippen LogP contribution in [-0.2, 0) is 4.79 Å². The molecule has 106 valence electrons. The Labute approximate surface area is 122 Å². The molecule has 1 fully saturated rings. The first-order valence-electron chi connectivity index (χ1n) is 6.77. The molecule has 0 N–H and O–H groups in total. The summed E-state index contributed by atoms with van der Waals surface area (Å²) in [7, 11) is 0. The summed E-state index contributed by atoms with van der Waals surface area (Å²) >= 11 is 1.92. The van der Waals surface area contributed by atoms with Crippen LogP contribution in [0.4, 0.5) is 0 Å². The summed E-state index contributed by atoms with van der Waals surface area (Å²) < 4.78 is 10.6. The number of rotatable bonds is 2. The van der Waals surface area contributed by atoms with Gasteiger partial charge in [0, 0.05) is 24.9 Å². The van der Waals surface area contributed by atoms with Gasteiger partial charge in [0.2, 0.25) is 12.7 Å². The van der Waals surface area contributed by atoms with Gasteiger partial charge in [0.1, 0.15) is 0 Å². The van der Waals surface area contributed by atoms with Gasteiger partial charge in [0.15, 0.2) is 11.5 Å². The number of carbonyl (C=O) groups excluding carboxylic acids is 1. The molecule has 0 atom stereocenters. The lowest BCUT2D eigenvalue weighted by Gasteiger charge is -2.17. The highest BCUT2D eigenvalue weighted by atomic mass is 32.2. The molecule has 20 heavy (non-hydrogen) atoms. The van der Waals surface area contributed by atoms with E-state index >= 15 is 0 Å². The Bertz CT molecular complexity index is 522. The third-order valence-corrected chi connectivity index (χ3v) is 4.40. The van der Waals surface area contributed by atoms with Crippen LogP contribution in [0.15, 0.2) is 24.3 Å². The van der Waals surface area contributed by atoms with Gasteiger partial charge in [-0.1, -0.05) is 6.07 Å². The Morgan fingerprint density at radius 1 is 1.20 bits per heavy atom. The average Bonchev–Trinajstić information content (AvgIpc) is 2.76. The fourth-order valence-electron chi connectivity index (χ4n) is 2.26. The van der Waals surface area contributed by atoms with Crippen molar-refractivity contribution in [2.24, 2.45) is 0 Å². The third-order valence-electron chi connectivity index (χ3n) is 3.35. The molecule has 2 aliphatic rings. The highest BCUT2D eigenvalue weighted by molar-refractivity contribution is 7.99. The summed E-state index contributed by atoms with van der Waals surface area (Å²) in [5, 5.41) is 0. The van der Waals surface area contributed by atoms with Crippen LogP contribution >= 0.6 is 11.8 Å². The zero-order valence-corrected chi connectivity index (χ0v) is 12.0. The van der Waals surface area contributed by atoms with Crippen molar-refractivity contribution in [1.29, 1.82) is 0 Å². The van der Waals surface area contributed by atoms with Gasteiger partial charge < -0.3 is 14.4 Å². The van der Waals surface area contributed by atoms with E-state index in [1.165, 1.54) is 0 Å². The molecule has 0 unspecified atom stereocenters. The molecule has 1 aromatic carbocycles. The first-order valence-corrected chi connectivity index (χ1v) is 7.93. The first kappa shape index (κ1) is 13.4. The van der Waals surface area contributed by atoms with Gasteiger partial charge in [-0.3, -0.25) is 4.79 Å². The minimum absolute atomic E-state index is 0.0881. The summed E-state index contributed by atoms with van der Waals surface area (Å²) in [5.41, 5.74) is 0.951. The minimum atomic E-state index is 0.0881. The van der Waals surface area contributed by atoms with E-state index in [1.807, 2.05) is 40.9 Å². The van der Waals surface area contributed by atoms with Crippen LogP contribution in [0.2, 0.25) is 0 Å². The second-order valence-electron chi connectivity index (χ2n) is 4.74. The van der Waals surface area contributed by atoms with Gasteiger partial charge in [-0.15, -0.1) is 0 Å². The molecule has 1 aromatic rings. The summed E-state index contributed by atoms with van der Waals surface area (Å²) in [4.78, 5) is 14.1. The van der Waals surface area contributed by atoms with E-state index in [2.05, 4.69) is 0 Å². The molecule has 2 aliphatic heterocycles. The van der Waals surface area contributed by atoms with Crippen LogP contribution in [0.3, 0.4) is 0 Å². The number of carbonyl (C=O) groups is 1. The molecule has 1 saturated heterocycles. The summed E-state index contributed by atoms with van der Waals surface area (Å²) in [5.74, 6) is 3.77. The number of thioether (sulfide) groups is 1. The fourth-order valence-corrected chi connectivity index (χ4v) is 3.14. The van der Waals surface area contributed by atoms with Crippen LogP contribution in [0.1, 0.15) is 12.0 Å². The minimum Gasteiger partial charge on any atom is -0.454 e. The van der Waals surface area contributed by atoms with Crippen molar-refractivity contribution in [3.8, 4) is 11.5 Å². The second-order valence-corrected chi connectivity index (χ2v) is 5.96. The van der Waals surface area contributed by atoms with E-state index in [9.17, 15) is 4.79 Å². The number of hydrogen-bond donors (Lipinski definition) is 0. The number of fused-ring (bicyclic) bond motifs is 1. The lowest BCUT2D eigenvalue weighted by Crippen LogP contribution is -2.31. The summed E-state index contributed by atoms with van der Waals surface area (Å²) in [6.07, 6.45) is 4.56. The van der Waals surface area contributed by atoms with Crippen LogP contribution in [0, 0.1) is 0 Å². The molecule has 0 aliphatic carbocycles. The molecule has 4 nitrogen and oxygen atoms in total. The molecule has 3 rings (SSSR count). The fraction of sp³-hybridized carbons (Fsp3) is 0.400. The Balaban J connectivity index is 1.65. The van der Waals surface area contributed by atoms with Crippen molar-refractivity contribution >= 4 is 23.7 Å². The third kappa shape index (κ3) is 3.10. The Morgan fingerprint density at radius 2 is 2.10 bits per heavy atom. The van der Waals surface area contributed by atoms with Crippen molar-refractivity contribution < 1.29 is 14.3 Å². The number of benzene rings is 1. The van der Waals surface area contributed by atoms with Crippen LogP contribution in [-0.4, -0.2) is 42.2 Å². The van der Waals surface area contributed by atoms with Gasteiger partial charge in [0.25, 0.3) is 0 Å². The maximum atomic E-state index is 12.1. The van der Waals surface area contributed by atoms with E-state index in [0.29, 0.717) is 0 Å². The number of hydrogen-bond acceptors (Lipinski definition) is 4. The normalized spacial score (nSPS) is 18.3. The molecule has 0 radical (unpaired) electrons. The molecule has 1 amide bonds. The van der Waals surface area contributed by atoms with E-state index in [4.69, 9.17) is 9.47 Å². The molecule has 0 spiro atoms. The average molecular weight is 291 g/mol.